The van der Waals surface area contributed by atoms with Crippen LogP contribution in [0, 0.1) is 5.82 Å². The number of ether oxygens (including phenoxy) is 1. The number of hydrogen-bond acceptors (Lipinski definition) is 6. The first kappa shape index (κ1) is 29.1. The van der Waals surface area contributed by atoms with Crippen LogP contribution in [0.3, 0.4) is 0 Å². The SMILES string of the molecule is CCOc1ccc2c(c1)C(=O)N(CCCCN1CCC(n3c(=O)n(CC(F)(F)F)c4cc(F)ccc43)CC1)S2(=O)=O. The molecule has 0 saturated carbocycles. The predicted molar refractivity (Wildman–Crippen MR) is 142 cm³/mol. The third-order valence-corrected chi connectivity index (χ3v) is 9.40. The Balaban J connectivity index is 1.18. The standard InChI is InChI=1S/C27H30F4N4O5S/c1-2-40-20-6-8-24-21(16-20)25(36)34(41(24,38)39)12-4-3-11-32-13-9-19(10-14-32)35-22-7-5-18(28)15-23(22)33(26(35)37)17-27(29,30)31/h5-8,15-16,19H,2-4,9-14,17H2,1H3. The first-order chi connectivity index (χ1) is 19.4. The van der Waals surface area contributed by atoms with Crippen molar-refractivity contribution in [1.29, 1.82) is 0 Å². The molecule has 41 heavy (non-hydrogen) atoms. The van der Waals surface area contributed by atoms with Crippen LogP contribution in [0.2, 0.25) is 0 Å². The maximum absolute atomic E-state index is 13.8. The van der Waals surface area contributed by atoms with Gasteiger partial charge in [-0.05, 0) is 75.5 Å². The number of benzene rings is 2. The highest BCUT2D eigenvalue weighted by Crippen LogP contribution is 2.33. The number of rotatable bonds is 9. The molecular weight excluding hydrogens is 568 g/mol. The minimum absolute atomic E-state index is 0.0254. The van der Waals surface area contributed by atoms with E-state index in [-0.39, 0.29) is 34.1 Å². The van der Waals surface area contributed by atoms with Gasteiger partial charge in [0.15, 0.2) is 0 Å². The summed E-state index contributed by atoms with van der Waals surface area (Å²) < 4.78 is 87.3. The number of hydrogen-bond donors (Lipinski definition) is 0. The fraction of sp³-hybridized carbons (Fsp3) is 0.481. The molecule has 2 aromatic carbocycles. The Hall–Kier alpha value is -3.39. The van der Waals surface area contributed by atoms with E-state index < -0.39 is 40.2 Å². The van der Waals surface area contributed by atoms with Crippen LogP contribution in [0.1, 0.15) is 49.0 Å². The number of fused-ring (bicyclic) bond motifs is 2. The van der Waals surface area contributed by atoms with E-state index in [0.717, 1.165) is 16.4 Å². The van der Waals surface area contributed by atoms with Gasteiger partial charge in [-0.25, -0.2) is 21.9 Å². The zero-order valence-electron chi connectivity index (χ0n) is 22.4. The second kappa shape index (κ2) is 11.1. The summed E-state index contributed by atoms with van der Waals surface area (Å²) in [6.45, 7) is 2.52. The molecule has 0 N–H and O–H groups in total. The number of piperidine rings is 1. The molecule has 3 aromatic rings. The molecule has 0 radical (unpaired) electrons. The zero-order valence-corrected chi connectivity index (χ0v) is 23.2. The summed E-state index contributed by atoms with van der Waals surface area (Å²) in [5.74, 6) is -0.861. The van der Waals surface area contributed by atoms with E-state index in [0.29, 0.717) is 62.2 Å². The van der Waals surface area contributed by atoms with Crippen LogP contribution in [0.4, 0.5) is 17.6 Å². The van der Waals surface area contributed by atoms with Crippen LogP contribution < -0.4 is 10.4 Å². The van der Waals surface area contributed by atoms with Crippen LogP contribution >= 0.6 is 0 Å². The smallest absolute Gasteiger partial charge is 0.406 e. The normalized spacial score (nSPS) is 17.9. The predicted octanol–water partition coefficient (Wildman–Crippen LogP) is 4.16. The average Bonchev–Trinajstić information content (AvgIpc) is 3.27. The van der Waals surface area contributed by atoms with Gasteiger partial charge in [0.05, 0.1) is 23.2 Å². The third kappa shape index (κ3) is 5.71. The van der Waals surface area contributed by atoms with Crippen LogP contribution in [-0.4, -0.2) is 71.6 Å². The lowest BCUT2D eigenvalue weighted by molar-refractivity contribution is -0.140. The first-order valence-corrected chi connectivity index (χ1v) is 14.9. The van der Waals surface area contributed by atoms with E-state index in [9.17, 15) is 35.6 Å². The molecule has 2 aliphatic rings. The lowest BCUT2D eigenvalue weighted by Crippen LogP contribution is -2.39. The van der Waals surface area contributed by atoms with Gasteiger partial charge in [0, 0.05) is 25.7 Å². The largest absolute Gasteiger partial charge is 0.494 e. The van der Waals surface area contributed by atoms with Crippen molar-refractivity contribution in [1.82, 2.24) is 18.3 Å². The summed E-state index contributed by atoms with van der Waals surface area (Å²) in [6.07, 6.45) is -2.54. The topological polar surface area (TPSA) is 93.8 Å². The lowest BCUT2D eigenvalue weighted by atomic mass is 10.0. The van der Waals surface area contributed by atoms with Crippen LogP contribution in [-0.2, 0) is 16.6 Å². The number of imidazole rings is 1. The number of likely N-dealkylation sites (tertiary alicyclic amines) is 1. The Bertz CT molecular complexity index is 1620. The van der Waals surface area contributed by atoms with Gasteiger partial charge in [0.2, 0.25) is 0 Å². The van der Waals surface area contributed by atoms with E-state index in [1.54, 1.807) is 6.92 Å². The molecule has 1 saturated heterocycles. The number of aromatic nitrogens is 2. The summed E-state index contributed by atoms with van der Waals surface area (Å²) >= 11 is 0. The molecule has 9 nitrogen and oxygen atoms in total. The van der Waals surface area contributed by atoms with Gasteiger partial charge in [-0.3, -0.25) is 13.9 Å². The van der Waals surface area contributed by atoms with Crippen molar-refractivity contribution in [3.8, 4) is 5.75 Å². The van der Waals surface area contributed by atoms with Gasteiger partial charge >= 0.3 is 11.9 Å². The highest BCUT2D eigenvalue weighted by molar-refractivity contribution is 7.90. The third-order valence-electron chi connectivity index (χ3n) is 7.56. The fourth-order valence-corrected chi connectivity index (χ4v) is 7.26. The Morgan fingerprint density at radius 1 is 0.976 bits per heavy atom. The number of nitrogens with zero attached hydrogens (tertiary/aromatic N) is 4. The molecule has 0 bridgehead atoms. The summed E-state index contributed by atoms with van der Waals surface area (Å²) in [5.41, 5.74) is -0.526. The van der Waals surface area contributed by atoms with E-state index >= 15 is 0 Å². The van der Waals surface area contributed by atoms with Gasteiger partial charge in [0.1, 0.15) is 23.0 Å². The Kier molecular flexibility index (Phi) is 7.90. The van der Waals surface area contributed by atoms with Crippen LogP contribution in [0.25, 0.3) is 11.0 Å². The van der Waals surface area contributed by atoms with E-state index in [1.165, 1.54) is 28.8 Å². The molecule has 0 aliphatic carbocycles. The maximum Gasteiger partial charge on any atom is 0.406 e. The zero-order chi connectivity index (χ0) is 29.5. The molecular formula is C27H30F4N4O5S. The van der Waals surface area contributed by atoms with Crippen LogP contribution in [0.15, 0.2) is 46.1 Å². The molecule has 0 unspecified atom stereocenters. The van der Waals surface area contributed by atoms with Crippen LogP contribution in [0.5, 0.6) is 5.75 Å². The molecule has 1 fully saturated rings. The first-order valence-electron chi connectivity index (χ1n) is 13.4. The molecule has 1 amide bonds. The van der Waals surface area contributed by atoms with Gasteiger partial charge in [-0.1, -0.05) is 0 Å². The van der Waals surface area contributed by atoms with Crippen molar-refractivity contribution in [3.05, 3.63) is 58.3 Å². The quantitative estimate of drug-likeness (QED) is 0.271. The van der Waals surface area contributed by atoms with Crippen molar-refractivity contribution in [3.63, 3.8) is 0 Å². The number of carbonyl (C=O) groups is 1. The number of alkyl halides is 3. The monoisotopic (exact) mass is 598 g/mol. The average molecular weight is 599 g/mol. The van der Waals surface area contributed by atoms with Crippen molar-refractivity contribution in [2.24, 2.45) is 0 Å². The van der Waals surface area contributed by atoms with Gasteiger partial charge in [-0.15, -0.1) is 0 Å². The summed E-state index contributed by atoms with van der Waals surface area (Å²) in [4.78, 5) is 27.9. The number of carbonyl (C=O) groups excluding carboxylic acids is 1. The molecule has 2 aliphatic heterocycles. The molecule has 3 heterocycles. The Morgan fingerprint density at radius 3 is 2.37 bits per heavy atom. The number of sulfonamides is 1. The fourth-order valence-electron chi connectivity index (χ4n) is 5.67. The molecule has 5 rings (SSSR count). The highest BCUT2D eigenvalue weighted by atomic mass is 32.2. The summed E-state index contributed by atoms with van der Waals surface area (Å²) in [7, 11) is -3.92. The highest BCUT2D eigenvalue weighted by Gasteiger charge is 2.41. The summed E-state index contributed by atoms with van der Waals surface area (Å²) in [6, 6.07) is 7.46. The van der Waals surface area contributed by atoms with Gasteiger partial charge in [0.25, 0.3) is 15.9 Å². The van der Waals surface area contributed by atoms with Crippen molar-refractivity contribution < 1.29 is 35.5 Å². The van der Waals surface area contributed by atoms with Gasteiger partial charge < -0.3 is 9.64 Å². The Labute approximate surface area is 233 Å². The maximum atomic E-state index is 13.8. The van der Waals surface area contributed by atoms with Crippen molar-refractivity contribution in [2.45, 2.75) is 56.3 Å². The van der Waals surface area contributed by atoms with E-state index in [2.05, 4.69) is 4.90 Å². The molecule has 1 aromatic heterocycles. The number of amides is 1. The lowest BCUT2D eigenvalue weighted by Gasteiger charge is -2.32. The van der Waals surface area contributed by atoms with E-state index in [4.69, 9.17) is 4.74 Å². The minimum atomic E-state index is -4.63. The van der Waals surface area contributed by atoms with Crippen molar-refractivity contribution >= 4 is 27.0 Å². The molecule has 14 heteroatoms. The molecule has 0 spiro atoms. The minimum Gasteiger partial charge on any atom is -0.494 e. The molecule has 222 valence electrons. The second-order valence-corrected chi connectivity index (χ2v) is 12.1. The molecule has 0 atom stereocenters. The van der Waals surface area contributed by atoms with Crippen molar-refractivity contribution in [2.75, 3.05) is 32.8 Å². The number of halogens is 4. The van der Waals surface area contributed by atoms with Gasteiger partial charge in [-0.2, -0.15) is 13.2 Å². The van der Waals surface area contributed by atoms with E-state index in [1.807, 2.05) is 0 Å². The Morgan fingerprint density at radius 2 is 1.68 bits per heavy atom. The number of unbranched alkanes of at least 4 members (excludes halogenated alkanes) is 1. The summed E-state index contributed by atoms with van der Waals surface area (Å²) in [5, 5.41) is 0. The second-order valence-electron chi connectivity index (χ2n) is 10.2.